The standard InChI is InChI=1S/C24H30N6O2S/c1-24(2,17-5-7-19(32-3)8-6-17)20-15-33-23(28-20)29-22(31)27-13-16-4-9-21(26-12-16)30-11-10-18(25)14-30/h4-9,12,15,18H,10-11,13-14,25H2,1-3H3,(H2,27,28,29,31). The molecule has 1 aromatic carbocycles. The summed E-state index contributed by atoms with van der Waals surface area (Å²) in [6.07, 6.45) is 2.78. The number of hydrogen-bond donors (Lipinski definition) is 3. The summed E-state index contributed by atoms with van der Waals surface area (Å²) < 4.78 is 5.24. The Balaban J connectivity index is 1.31. The van der Waals surface area contributed by atoms with Crippen molar-refractivity contribution >= 4 is 28.3 Å². The SMILES string of the molecule is COc1ccc(C(C)(C)c2csc(NC(=O)NCc3ccc(N4CCC(N)C4)nc3)n2)cc1. The summed E-state index contributed by atoms with van der Waals surface area (Å²) in [7, 11) is 1.65. The van der Waals surface area contributed by atoms with Gasteiger partial charge in [-0.25, -0.2) is 14.8 Å². The van der Waals surface area contributed by atoms with E-state index in [9.17, 15) is 4.79 Å². The van der Waals surface area contributed by atoms with E-state index < -0.39 is 0 Å². The van der Waals surface area contributed by atoms with Gasteiger partial charge in [0.1, 0.15) is 11.6 Å². The number of hydrogen-bond acceptors (Lipinski definition) is 7. The molecule has 1 aliphatic heterocycles. The molecule has 0 bridgehead atoms. The number of nitrogens with two attached hydrogens (primary N) is 1. The molecular weight excluding hydrogens is 436 g/mol. The number of nitrogens with zero attached hydrogens (tertiary/aromatic N) is 3. The number of rotatable bonds is 7. The van der Waals surface area contributed by atoms with Gasteiger partial charge in [0, 0.05) is 42.7 Å². The first-order valence-electron chi connectivity index (χ1n) is 11.0. The Kier molecular flexibility index (Phi) is 6.80. The lowest BCUT2D eigenvalue weighted by Crippen LogP contribution is -2.28. The monoisotopic (exact) mass is 466 g/mol. The van der Waals surface area contributed by atoms with Crippen LogP contribution < -0.4 is 26.0 Å². The van der Waals surface area contributed by atoms with E-state index in [0.717, 1.165) is 47.9 Å². The van der Waals surface area contributed by atoms with Crippen LogP contribution in [0.5, 0.6) is 5.75 Å². The molecule has 2 aromatic heterocycles. The minimum Gasteiger partial charge on any atom is -0.497 e. The molecule has 1 atom stereocenters. The van der Waals surface area contributed by atoms with Crippen LogP contribution in [-0.4, -0.2) is 42.2 Å². The van der Waals surface area contributed by atoms with E-state index in [2.05, 4.69) is 39.3 Å². The maximum absolute atomic E-state index is 12.4. The molecule has 2 amide bonds. The predicted molar refractivity (Wildman–Crippen MR) is 132 cm³/mol. The van der Waals surface area contributed by atoms with Gasteiger partial charge in [0.25, 0.3) is 0 Å². The highest BCUT2D eigenvalue weighted by molar-refractivity contribution is 7.13. The van der Waals surface area contributed by atoms with Gasteiger partial charge < -0.3 is 20.7 Å². The summed E-state index contributed by atoms with van der Waals surface area (Å²) in [4.78, 5) is 23.7. The Morgan fingerprint density at radius 3 is 2.70 bits per heavy atom. The first-order valence-corrected chi connectivity index (χ1v) is 11.8. The lowest BCUT2D eigenvalue weighted by Gasteiger charge is -2.23. The molecule has 1 fully saturated rings. The number of urea groups is 1. The fourth-order valence-corrected chi connectivity index (χ4v) is 4.67. The van der Waals surface area contributed by atoms with Crippen LogP contribution in [0.4, 0.5) is 15.7 Å². The van der Waals surface area contributed by atoms with Gasteiger partial charge in [0.05, 0.1) is 12.8 Å². The average Bonchev–Trinajstić information content (AvgIpc) is 3.47. The number of anilines is 2. The summed E-state index contributed by atoms with van der Waals surface area (Å²) in [5, 5.41) is 8.23. The fourth-order valence-electron chi connectivity index (χ4n) is 3.80. The summed E-state index contributed by atoms with van der Waals surface area (Å²) in [6, 6.07) is 11.8. The molecule has 0 aliphatic carbocycles. The van der Waals surface area contributed by atoms with Gasteiger partial charge in [-0.15, -0.1) is 11.3 Å². The molecule has 9 heteroatoms. The normalized spacial score (nSPS) is 16.0. The van der Waals surface area contributed by atoms with E-state index in [-0.39, 0.29) is 17.5 Å². The Labute approximate surface area is 198 Å². The Hall–Kier alpha value is -3.17. The Morgan fingerprint density at radius 1 is 1.27 bits per heavy atom. The summed E-state index contributed by atoms with van der Waals surface area (Å²) in [5.41, 5.74) is 8.62. The maximum atomic E-state index is 12.4. The van der Waals surface area contributed by atoms with E-state index in [1.54, 1.807) is 13.3 Å². The molecule has 4 rings (SSSR count). The van der Waals surface area contributed by atoms with E-state index in [1.165, 1.54) is 11.3 Å². The first-order chi connectivity index (χ1) is 15.8. The second kappa shape index (κ2) is 9.76. The molecule has 0 spiro atoms. The van der Waals surface area contributed by atoms with Gasteiger partial charge in [-0.1, -0.05) is 32.0 Å². The molecule has 0 saturated carbocycles. The summed E-state index contributed by atoms with van der Waals surface area (Å²) in [6.45, 7) is 6.37. The second-order valence-corrected chi connectivity index (χ2v) is 9.58. The molecule has 33 heavy (non-hydrogen) atoms. The van der Waals surface area contributed by atoms with E-state index in [1.807, 2.05) is 41.8 Å². The van der Waals surface area contributed by atoms with E-state index in [4.69, 9.17) is 10.5 Å². The van der Waals surface area contributed by atoms with Crippen molar-refractivity contribution in [1.29, 1.82) is 0 Å². The lowest BCUT2D eigenvalue weighted by atomic mass is 9.82. The van der Waals surface area contributed by atoms with Crippen LogP contribution in [0.15, 0.2) is 48.0 Å². The number of pyridine rings is 1. The van der Waals surface area contributed by atoms with Gasteiger partial charge in [-0.3, -0.25) is 5.32 Å². The minimum atomic E-state index is -0.300. The van der Waals surface area contributed by atoms with Crippen molar-refractivity contribution in [2.24, 2.45) is 5.73 Å². The third kappa shape index (κ3) is 5.43. The number of ether oxygens (including phenoxy) is 1. The molecule has 4 N–H and O–H groups in total. The van der Waals surface area contributed by atoms with Crippen LogP contribution in [0.25, 0.3) is 0 Å². The molecule has 0 radical (unpaired) electrons. The summed E-state index contributed by atoms with van der Waals surface area (Å²) in [5.74, 6) is 1.74. The van der Waals surface area contributed by atoms with Crippen LogP contribution in [0.1, 0.15) is 37.1 Å². The number of nitrogens with one attached hydrogen (secondary N) is 2. The minimum absolute atomic E-state index is 0.213. The number of benzene rings is 1. The molecule has 1 aliphatic rings. The Bertz CT molecular complexity index is 1080. The predicted octanol–water partition coefficient (Wildman–Crippen LogP) is 3.73. The molecule has 3 aromatic rings. The van der Waals surface area contributed by atoms with Crippen molar-refractivity contribution in [3.8, 4) is 5.75 Å². The number of methoxy groups -OCH3 is 1. The molecule has 8 nitrogen and oxygen atoms in total. The van der Waals surface area contributed by atoms with Crippen molar-refractivity contribution in [2.45, 2.75) is 38.3 Å². The summed E-state index contributed by atoms with van der Waals surface area (Å²) >= 11 is 1.41. The topological polar surface area (TPSA) is 105 Å². The van der Waals surface area contributed by atoms with Gasteiger partial charge in [-0.05, 0) is 35.7 Å². The third-order valence-electron chi connectivity index (χ3n) is 5.99. The highest BCUT2D eigenvalue weighted by Crippen LogP contribution is 2.34. The van der Waals surface area contributed by atoms with E-state index in [0.29, 0.717) is 11.7 Å². The van der Waals surface area contributed by atoms with Crippen molar-refractivity contribution in [2.75, 3.05) is 30.4 Å². The zero-order chi connectivity index (χ0) is 23.4. The smallest absolute Gasteiger partial charge is 0.321 e. The second-order valence-electron chi connectivity index (χ2n) is 8.72. The zero-order valence-electron chi connectivity index (χ0n) is 19.2. The zero-order valence-corrected chi connectivity index (χ0v) is 20.0. The number of aromatic nitrogens is 2. The van der Waals surface area contributed by atoms with Gasteiger partial charge in [0.2, 0.25) is 0 Å². The molecule has 174 valence electrons. The maximum Gasteiger partial charge on any atom is 0.321 e. The quantitative estimate of drug-likeness (QED) is 0.490. The van der Waals surface area contributed by atoms with Crippen molar-refractivity contribution in [3.63, 3.8) is 0 Å². The molecule has 1 unspecified atom stereocenters. The highest BCUT2D eigenvalue weighted by atomic mass is 32.1. The van der Waals surface area contributed by atoms with Crippen LogP contribution in [0.3, 0.4) is 0 Å². The third-order valence-corrected chi connectivity index (χ3v) is 6.75. The highest BCUT2D eigenvalue weighted by Gasteiger charge is 2.26. The van der Waals surface area contributed by atoms with Crippen molar-refractivity contribution in [3.05, 3.63) is 64.8 Å². The van der Waals surface area contributed by atoms with Crippen LogP contribution >= 0.6 is 11.3 Å². The van der Waals surface area contributed by atoms with Crippen molar-refractivity contribution in [1.82, 2.24) is 15.3 Å². The number of thiazole rings is 1. The molecule has 3 heterocycles. The molecular formula is C24H30N6O2S. The number of carbonyl (C=O) groups excluding carboxylic acids is 1. The Morgan fingerprint density at radius 2 is 2.06 bits per heavy atom. The van der Waals surface area contributed by atoms with Gasteiger partial charge in [-0.2, -0.15) is 0 Å². The van der Waals surface area contributed by atoms with Gasteiger partial charge >= 0.3 is 6.03 Å². The van der Waals surface area contributed by atoms with Crippen LogP contribution in [0.2, 0.25) is 0 Å². The van der Waals surface area contributed by atoms with Crippen LogP contribution in [0, 0.1) is 0 Å². The van der Waals surface area contributed by atoms with Crippen molar-refractivity contribution < 1.29 is 9.53 Å². The van der Waals surface area contributed by atoms with Crippen LogP contribution in [-0.2, 0) is 12.0 Å². The lowest BCUT2D eigenvalue weighted by molar-refractivity contribution is 0.251. The number of amides is 2. The first kappa shape index (κ1) is 23.0. The number of carbonyl (C=O) groups is 1. The van der Waals surface area contributed by atoms with Gasteiger partial charge in [0.15, 0.2) is 5.13 Å². The largest absolute Gasteiger partial charge is 0.497 e. The fraction of sp³-hybridized carbons (Fsp3) is 0.375. The van der Waals surface area contributed by atoms with E-state index >= 15 is 0 Å². The molecule has 1 saturated heterocycles. The average molecular weight is 467 g/mol.